The Morgan fingerprint density at radius 2 is 1.95 bits per heavy atom. The van der Waals surface area contributed by atoms with Crippen LogP contribution in [0.25, 0.3) is 0 Å². The lowest BCUT2D eigenvalue weighted by molar-refractivity contribution is -0.112. The van der Waals surface area contributed by atoms with Gasteiger partial charge in [-0.3, -0.25) is 0 Å². The third-order valence-electron chi connectivity index (χ3n) is 6.53. The molecule has 4 bridgehead atoms. The number of hydrogen-bond donors (Lipinski definition) is 1. The molecule has 0 aromatic heterocycles. The second-order valence-corrected chi connectivity index (χ2v) is 9.01. The fourth-order valence-corrected chi connectivity index (χ4v) is 6.58. The molecule has 4 aliphatic carbocycles. The quantitative estimate of drug-likeness (QED) is 0.851. The van der Waals surface area contributed by atoms with Gasteiger partial charge in [-0.1, -0.05) is 30.7 Å². The van der Waals surface area contributed by atoms with Crippen LogP contribution in [-0.2, 0) is 6.42 Å². The fraction of sp³-hybridized carbons (Fsp3) is 0.684. The van der Waals surface area contributed by atoms with E-state index in [0.717, 1.165) is 23.3 Å². The van der Waals surface area contributed by atoms with Crippen LogP contribution in [-0.4, -0.2) is 6.04 Å². The van der Waals surface area contributed by atoms with Gasteiger partial charge in [0.25, 0.3) is 0 Å². The van der Waals surface area contributed by atoms with Crippen molar-refractivity contribution in [3.8, 4) is 0 Å². The number of halogens is 1. The molecule has 0 spiro atoms. The third-order valence-corrected chi connectivity index (χ3v) is 6.77. The van der Waals surface area contributed by atoms with Gasteiger partial charge in [0, 0.05) is 11.1 Å². The van der Waals surface area contributed by atoms with Crippen LogP contribution in [0.1, 0.15) is 51.0 Å². The molecule has 1 nitrogen and oxygen atoms in total. The highest BCUT2D eigenvalue weighted by atomic mass is 35.5. The van der Waals surface area contributed by atoms with E-state index in [1.165, 1.54) is 44.1 Å². The Morgan fingerprint density at radius 3 is 2.57 bits per heavy atom. The molecule has 21 heavy (non-hydrogen) atoms. The predicted molar refractivity (Wildman–Crippen MR) is 88.4 cm³/mol. The average molecular weight is 304 g/mol. The molecule has 114 valence electrons. The molecule has 0 amide bonds. The minimum atomic E-state index is 0.293. The lowest BCUT2D eigenvalue weighted by Gasteiger charge is -2.63. The van der Waals surface area contributed by atoms with Crippen LogP contribution in [0, 0.1) is 22.7 Å². The molecule has 5 rings (SSSR count). The summed E-state index contributed by atoms with van der Waals surface area (Å²) < 4.78 is 0. The van der Waals surface area contributed by atoms with Gasteiger partial charge in [-0.05, 0) is 85.3 Å². The van der Waals surface area contributed by atoms with Gasteiger partial charge >= 0.3 is 0 Å². The molecule has 3 unspecified atom stereocenters. The Hall–Kier alpha value is -0.530. The summed E-state index contributed by atoms with van der Waals surface area (Å²) in [7, 11) is 0. The first-order chi connectivity index (χ1) is 9.96. The Morgan fingerprint density at radius 1 is 1.24 bits per heavy atom. The standard InChI is InChI=1S/C19H26ClN/c1-18-8-14-5-15(9-18)11-19(10-14,12-18)17(21)7-13-3-2-4-16(20)6-13/h2-4,6,14-15,17H,5,7-12,21H2,1H3. The van der Waals surface area contributed by atoms with Crippen LogP contribution in [0.3, 0.4) is 0 Å². The van der Waals surface area contributed by atoms with E-state index in [2.05, 4.69) is 19.1 Å². The van der Waals surface area contributed by atoms with Crippen molar-refractivity contribution in [2.45, 2.75) is 57.9 Å². The van der Waals surface area contributed by atoms with Crippen LogP contribution in [0.15, 0.2) is 24.3 Å². The van der Waals surface area contributed by atoms with Gasteiger partial charge in [0.1, 0.15) is 0 Å². The molecule has 1 aromatic rings. The first-order valence-corrected chi connectivity index (χ1v) is 8.84. The van der Waals surface area contributed by atoms with E-state index in [4.69, 9.17) is 17.3 Å². The summed E-state index contributed by atoms with van der Waals surface area (Å²) in [5, 5.41) is 0.831. The van der Waals surface area contributed by atoms with Crippen LogP contribution < -0.4 is 5.73 Å². The lowest BCUT2D eigenvalue weighted by atomic mass is 9.43. The second kappa shape index (κ2) is 4.73. The minimum Gasteiger partial charge on any atom is -0.327 e. The number of hydrogen-bond acceptors (Lipinski definition) is 1. The monoisotopic (exact) mass is 303 g/mol. The first kappa shape index (κ1) is 14.1. The SMILES string of the molecule is CC12CC3CC(C1)CC(C(N)Cc1cccc(Cl)c1)(C3)C2. The Balaban J connectivity index is 1.57. The molecule has 4 fully saturated rings. The maximum absolute atomic E-state index is 6.77. The Kier molecular flexibility index (Phi) is 3.17. The van der Waals surface area contributed by atoms with Crippen molar-refractivity contribution in [3.63, 3.8) is 0 Å². The van der Waals surface area contributed by atoms with Gasteiger partial charge in [-0.15, -0.1) is 0 Å². The van der Waals surface area contributed by atoms with E-state index in [1.54, 1.807) is 0 Å². The summed E-state index contributed by atoms with van der Waals surface area (Å²) in [6.07, 6.45) is 9.47. The molecule has 4 aliphatic rings. The van der Waals surface area contributed by atoms with Crippen molar-refractivity contribution in [1.82, 2.24) is 0 Å². The Bertz CT molecular complexity index is 538. The van der Waals surface area contributed by atoms with E-state index < -0.39 is 0 Å². The highest BCUT2D eigenvalue weighted by Gasteiger charge is 2.57. The van der Waals surface area contributed by atoms with Gasteiger partial charge < -0.3 is 5.73 Å². The van der Waals surface area contributed by atoms with Gasteiger partial charge in [0.2, 0.25) is 0 Å². The van der Waals surface area contributed by atoms with Crippen molar-refractivity contribution < 1.29 is 0 Å². The maximum Gasteiger partial charge on any atom is 0.0408 e. The molecule has 0 saturated heterocycles. The van der Waals surface area contributed by atoms with E-state index in [1.807, 2.05) is 12.1 Å². The summed E-state index contributed by atoms with van der Waals surface area (Å²) in [5.74, 6) is 1.89. The van der Waals surface area contributed by atoms with Gasteiger partial charge in [0.05, 0.1) is 0 Å². The minimum absolute atomic E-state index is 0.293. The van der Waals surface area contributed by atoms with E-state index in [-0.39, 0.29) is 0 Å². The van der Waals surface area contributed by atoms with E-state index in [0.29, 0.717) is 16.9 Å². The van der Waals surface area contributed by atoms with Crippen molar-refractivity contribution in [3.05, 3.63) is 34.9 Å². The zero-order valence-corrected chi connectivity index (χ0v) is 13.7. The highest BCUT2D eigenvalue weighted by Crippen LogP contribution is 2.66. The second-order valence-electron chi connectivity index (χ2n) is 8.57. The molecule has 1 aromatic carbocycles. The van der Waals surface area contributed by atoms with Crippen LogP contribution >= 0.6 is 11.6 Å². The highest BCUT2D eigenvalue weighted by molar-refractivity contribution is 6.30. The van der Waals surface area contributed by atoms with Gasteiger partial charge in [0.15, 0.2) is 0 Å². The molecule has 0 aliphatic heterocycles. The topological polar surface area (TPSA) is 26.0 Å². The number of benzene rings is 1. The molecule has 2 N–H and O–H groups in total. The normalized spacial score (nSPS) is 42.2. The van der Waals surface area contributed by atoms with Gasteiger partial charge in [-0.25, -0.2) is 0 Å². The van der Waals surface area contributed by atoms with Crippen molar-refractivity contribution in [2.24, 2.45) is 28.4 Å². The molecule has 3 atom stereocenters. The van der Waals surface area contributed by atoms with E-state index >= 15 is 0 Å². The third kappa shape index (κ3) is 2.43. The fourth-order valence-electron chi connectivity index (χ4n) is 6.37. The molecule has 4 saturated carbocycles. The molecular weight excluding hydrogens is 278 g/mol. The van der Waals surface area contributed by atoms with Crippen LogP contribution in [0.4, 0.5) is 0 Å². The van der Waals surface area contributed by atoms with Crippen molar-refractivity contribution in [1.29, 1.82) is 0 Å². The van der Waals surface area contributed by atoms with Crippen LogP contribution in [0.2, 0.25) is 5.02 Å². The smallest absolute Gasteiger partial charge is 0.0408 e. The summed E-state index contributed by atoms with van der Waals surface area (Å²) in [4.78, 5) is 0. The molecule has 0 radical (unpaired) electrons. The first-order valence-electron chi connectivity index (χ1n) is 8.46. The zero-order valence-electron chi connectivity index (χ0n) is 12.9. The van der Waals surface area contributed by atoms with E-state index in [9.17, 15) is 0 Å². The maximum atomic E-state index is 6.77. The summed E-state index contributed by atoms with van der Waals surface area (Å²) in [6, 6.07) is 8.55. The van der Waals surface area contributed by atoms with Crippen molar-refractivity contribution >= 4 is 11.6 Å². The largest absolute Gasteiger partial charge is 0.327 e. The number of rotatable bonds is 3. The Labute approximate surface area is 133 Å². The summed E-state index contributed by atoms with van der Waals surface area (Å²) >= 11 is 6.13. The lowest BCUT2D eigenvalue weighted by Crippen LogP contribution is -2.58. The number of nitrogens with two attached hydrogens (primary N) is 1. The zero-order chi connectivity index (χ0) is 14.7. The molecular formula is C19H26ClN. The molecule has 0 heterocycles. The van der Waals surface area contributed by atoms with Gasteiger partial charge in [-0.2, -0.15) is 0 Å². The van der Waals surface area contributed by atoms with Crippen LogP contribution in [0.5, 0.6) is 0 Å². The van der Waals surface area contributed by atoms with Crippen molar-refractivity contribution in [2.75, 3.05) is 0 Å². The average Bonchev–Trinajstić information content (AvgIpc) is 2.35. The molecule has 2 heteroatoms. The summed E-state index contributed by atoms with van der Waals surface area (Å²) in [5.41, 5.74) is 9.06. The predicted octanol–water partition coefficient (Wildman–Crippen LogP) is 4.82. The summed E-state index contributed by atoms with van der Waals surface area (Å²) in [6.45, 7) is 2.52.